The summed E-state index contributed by atoms with van der Waals surface area (Å²) in [5.74, 6) is 0.627. The molecule has 1 aliphatic heterocycles. The summed E-state index contributed by atoms with van der Waals surface area (Å²) in [6.07, 6.45) is 1.96. The van der Waals surface area contributed by atoms with Crippen molar-refractivity contribution in [3.63, 3.8) is 0 Å². The van der Waals surface area contributed by atoms with Gasteiger partial charge in [0, 0.05) is 11.1 Å². The van der Waals surface area contributed by atoms with Gasteiger partial charge in [-0.15, -0.1) is 0 Å². The van der Waals surface area contributed by atoms with Gasteiger partial charge < -0.3 is 9.84 Å². The fraction of sp³-hybridized carbons (Fsp3) is 0.167. The molecule has 2 atom stereocenters. The average molecular weight is 416 g/mol. The molecule has 1 saturated heterocycles. The maximum Gasteiger partial charge on any atom is 0.258 e. The van der Waals surface area contributed by atoms with Crippen LogP contribution >= 0.6 is 0 Å². The van der Waals surface area contributed by atoms with Gasteiger partial charge in [-0.25, -0.2) is 16.3 Å². The van der Waals surface area contributed by atoms with Crippen molar-refractivity contribution in [3.8, 4) is 11.5 Å². The van der Waals surface area contributed by atoms with Crippen LogP contribution in [-0.2, 0) is 11.4 Å². The summed E-state index contributed by atoms with van der Waals surface area (Å²) in [6, 6.07) is 24.1. The van der Waals surface area contributed by atoms with Crippen molar-refractivity contribution in [1.82, 2.24) is 16.3 Å². The maximum absolute atomic E-state index is 12.5. The standard InChI is InChI=1S/C24H24N4O3/c29-22-12-6-4-10-18(22)15-25-28-24(30)21-14-20(26-27-21)19-11-5-7-13-23(19)31-16-17-8-2-1-3-9-17/h1-13,15,20-21,26-27,29H,14,16H2,(H,28,30)/b25-15+. The van der Waals surface area contributed by atoms with Crippen molar-refractivity contribution in [2.24, 2.45) is 5.10 Å². The van der Waals surface area contributed by atoms with Gasteiger partial charge in [-0.2, -0.15) is 5.10 Å². The molecule has 0 saturated carbocycles. The molecule has 4 rings (SSSR count). The minimum absolute atomic E-state index is 0.0788. The number of rotatable bonds is 7. The number of hydrogen-bond donors (Lipinski definition) is 4. The minimum atomic E-state index is -0.450. The molecule has 1 aliphatic rings. The Bertz CT molecular complexity index is 1060. The van der Waals surface area contributed by atoms with Gasteiger partial charge >= 0.3 is 0 Å². The molecule has 3 aromatic rings. The molecule has 7 heteroatoms. The van der Waals surface area contributed by atoms with Gasteiger partial charge in [-0.05, 0) is 30.2 Å². The number of amides is 1. The molecule has 0 aliphatic carbocycles. The van der Waals surface area contributed by atoms with Crippen LogP contribution in [0, 0.1) is 0 Å². The molecule has 1 heterocycles. The van der Waals surface area contributed by atoms with Crippen molar-refractivity contribution in [2.75, 3.05) is 0 Å². The van der Waals surface area contributed by atoms with Gasteiger partial charge in [0.15, 0.2) is 0 Å². The van der Waals surface area contributed by atoms with Crippen molar-refractivity contribution in [1.29, 1.82) is 0 Å². The summed E-state index contributed by atoms with van der Waals surface area (Å²) < 4.78 is 6.04. The number of carbonyl (C=O) groups excluding carboxylic acids is 1. The summed E-state index contributed by atoms with van der Waals surface area (Å²) in [4.78, 5) is 12.5. The molecule has 1 amide bonds. The van der Waals surface area contributed by atoms with Crippen molar-refractivity contribution in [2.45, 2.75) is 25.1 Å². The number of nitrogens with one attached hydrogen (secondary N) is 3. The van der Waals surface area contributed by atoms with Crippen LogP contribution in [0.2, 0.25) is 0 Å². The Morgan fingerprint density at radius 2 is 1.77 bits per heavy atom. The second kappa shape index (κ2) is 9.88. The molecule has 0 spiro atoms. The highest BCUT2D eigenvalue weighted by molar-refractivity contribution is 5.86. The van der Waals surface area contributed by atoms with Crippen LogP contribution in [0.5, 0.6) is 11.5 Å². The number of carbonyl (C=O) groups is 1. The fourth-order valence-corrected chi connectivity index (χ4v) is 3.41. The van der Waals surface area contributed by atoms with Crippen molar-refractivity contribution >= 4 is 12.1 Å². The third kappa shape index (κ3) is 5.28. The topological polar surface area (TPSA) is 95.0 Å². The first-order valence-corrected chi connectivity index (χ1v) is 10.1. The summed E-state index contributed by atoms with van der Waals surface area (Å²) in [6.45, 7) is 0.475. The molecular formula is C24H24N4O3. The lowest BCUT2D eigenvalue weighted by atomic mass is 10.0. The number of hydrazone groups is 1. The van der Waals surface area contributed by atoms with Gasteiger partial charge in [0.1, 0.15) is 24.1 Å². The number of hydrazine groups is 1. The van der Waals surface area contributed by atoms with Crippen molar-refractivity contribution < 1.29 is 14.6 Å². The summed E-state index contributed by atoms with van der Waals surface area (Å²) in [5.41, 5.74) is 11.3. The summed E-state index contributed by atoms with van der Waals surface area (Å²) in [5, 5.41) is 13.7. The van der Waals surface area contributed by atoms with Crippen LogP contribution in [0.15, 0.2) is 84.0 Å². The molecule has 0 bridgehead atoms. The predicted octanol–water partition coefficient (Wildman–Crippen LogP) is 3.03. The Hall–Kier alpha value is -3.68. The Morgan fingerprint density at radius 1 is 1.03 bits per heavy atom. The van der Waals surface area contributed by atoms with Crippen LogP contribution in [0.25, 0.3) is 0 Å². The number of aromatic hydroxyl groups is 1. The van der Waals surface area contributed by atoms with E-state index < -0.39 is 6.04 Å². The Kier molecular flexibility index (Phi) is 6.56. The van der Waals surface area contributed by atoms with Gasteiger partial charge in [0.05, 0.1) is 12.3 Å². The van der Waals surface area contributed by atoms with E-state index in [2.05, 4.69) is 21.4 Å². The number of phenolic OH excluding ortho intramolecular Hbond substituents is 1. The van der Waals surface area contributed by atoms with Gasteiger partial charge in [0.25, 0.3) is 5.91 Å². The van der Waals surface area contributed by atoms with E-state index in [1.807, 2.05) is 54.6 Å². The molecule has 1 fully saturated rings. The zero-order valence-electron chi connectivity index (χ0n) is 16.9. The molecule has 7 nitrogen and oxygen atoms in total. The van der Waals surface area contributed by atoms with Crippen LogP contribution in [-0.4, -0.2) is 23.3 Å². The molecule has 2 unspecified atom stereocenters. The van der Waals surface area contributed by atoms with E-state index >= 15 is 0 Å². The Labute approximate surface area is 180 Å². The van der Waals surface area contributed by atoms with Crippen LogP contribution < -0.4 is 21.0 Å². The molecule has 3 aromatic carbocycles. The van der Waals surface area contributed by atoms with E-state index in [-0.39, 0.29) is 17.7 Å². The lowest BCUT2D eigenvalue weighted by Crippen LogP contribution is -2.41. The molecule has 0 radical (unpaired) electrons. The predicted molar refractivity (Wildman–Crippen MR) is 118 cm³/mol. The lowest BCUT2D eigenvalue weighted by Gasteiger charge is -2.16. The van der Waals surface area contributed by atoms with Crippen LogP contribution in [0.3, 0.4) is 0 Å². The van der Waals surface area contributed by atoms with Crippen LogP contribution in [0.4, 0.5) is 0 Å². The van der Waals surface area contributed by atoms with E-state index in [0.29, 0.717) is 18.6 Å². The molecule has 31 heavy (non-hydrogen) atoms. The number of para-hydroxylation sites is 2. The third-order valence-corrected chi connectivity index (χ3v) is 5.07. The largest absolute Gasteiger partial charge is 0.507 e. The van der Waals surface area contributed by atoms with E-state index in [1.165, 1.54) is 6.21 Å². The number of nitrogens with zero attached hydrogens (tertiary/aromatic N) is 1. The number of benzene rings is 3. The molecule has 4 N–H and O–H groups in total. The number of ether oxygens (including phenoxy) is 1. The van der Waals surface area contributed by atoms with Gasteiger partial charge in [-0.1, -0.05) is 60.7 Å². The molecule has 158 valence electrons. The maximum atomic E-state index is 12.5. The lowest BCUT2D eigenvalue weighted by molar-refractivity contribution is -0.122. The highest BCUT2D eigenvalue weighted by Gasteiger charge is 2.31. The van der Waals surface area contributed by atoms with Gasteiger partial charge in [-0.3, -0.25) is 4.79 Å². The summed E-state index contributed by atoms with van der Waals surface area (Å²) in [7, 11) is 0. The number of phenols is 1. The third-order valence-electron chi connectivity index (χ3n) is 5.07. The SMILES string of the molecule is O=C(N/N=C/c1ccccc1O)C1CC(c2ccccc2OCc2ccccc2)NN1. The van der Waals surface area contributed by atoms with E-state index in [0.717, 1.165) is 16.9 Å². The normalized spacial score (nSPS) is 18.2. The molecule has 0 aromatic heterocycles. The highest BCUT2D eigenvalue weighted by atomic mass is 16.5. The first-order valence-electron chi connectivity index (χ1n) is 10.1. The number of hydrogen-bond acceptors (Lipinski definition) is 6. The van der Waals surface area contributed by atoms with E-state index in [4.69, 9.17) is 4.74 Å². The smallest absolute Gasteiger partial charge is 0.258 e. The minimum Gasteiger partial charge on any atom is -0.507 e. The Morgan fingerprint density at radius 3 is 2.61 bits per heavy atom. The average Bonchev–Trinajstić information content (AvgIpc) is 3.30. The fourth-order valence-electron chi connectivity index (χ4n) is 3.41. The van der Waals surface area contributed by atoms with Gasteiger partial charge in [0.2, 0.25) is 0 Å². The second-order valence-electron chi connectivity index (χ2n) is 7.23. The zero-order valence-corrected chi connectivity index (χ0v) is 16.9. The second-order valence-corrected chi connectivity index (χ2v) is 7.23. The highest BCUT2D eigenvalue weighted by Crippen LogP contribution is 2.30. The monoisotopic (exact) mass is 416 g/mol. The van der Waals surface area contributed by atoms with E-state index in [1.54, 1.807) is 24.3 Å². The molecular weight excluding hydrogens is 392 g/mol. The van der Waals surface area contributed by atoms with Crippen LogP contribution in [0.1, 0.15) is 29.2 Å². The van der Waals surface area contributed by atoms with E-state index in [9.17, 15) is 9.90 Å². The first-order chi connectivity index (χ1) is 15.2. The van der Waals surface area contributed by atoms with Crippen molar-refractivity contribution in [3.05, 3.63) is 95.6 Å². The first kappa shape index (κ1) is 20.6. The zero-order chi connectivity index (χ0) is 21.5. The Balaban J connectivity index is 1.35. The quantitative estimate of drug-likeness (QED) is 0.351. The summed E-state index contributed by atoms with van der Waals surface area (Å²) >= 11 is 0.